The van der Waals surface area contributed by atoms with Gasteiger partial charge in [0.15, 0.2) is 16.5 Å². The fraction of sp³-hybridized carbons (Fsp3) is 0.439. The zero-order valence-electron chi connectivity index (χ0n) is 44.7. The number of carboxylic acids is 1. The first-order valence-electron chi connectivity index (χ1n) is 26.7. The number of aromatic carboxylic acids is 1. The molecule has 4 bridgehead atoms. The zero-order chi connectivity index (χ0) is 55.8. The topological polar surface area (TPSA) is 264 Å². The lowest BCUT2D eigenvalue weighted by atomic mass is 9.39. The van der Waals surface area contributed by atoms with Crippen molar-refractivity contribution >= 4 is 68.2 Å². The van der Waals surface area contributed by atoms with E-state index in [1.54, 1.807) is 30.7 Å². The van der Waals surface area contributed by atoms with Crippen molar-refractivity contribution in [2.24, 2.45) is 16.2 Å². The smallest absolute Gasteiger partial charge is 0.407 e. The molecular weight excluding hydrogens is 1050 g/mol. The number of hydrogen-bond donors (Lipinski definition) is 4. The van der Waals surface area contributed by atoms with Gasteiger partial charge in [0.2, 0.25) is 5.91 Å². The number of carbonyl (C=O) groups is 6. The van der Waals surface area contributed by atoms with E-state index in [1.807, 2.05) is 57.5 Å². The number of hydrogen-bond acceptors (Lipinski definition) is 16. The standard InChI is InChI=1S/C57H62N11O11S/c1-36-39(38-12-13-44(63-48(38)51(73)74)65-18-19-66-35-60-49(41(66)25-65)50(72)64-52-62-40-9-5-7-11-43(40)80-52)24-61-68(36)34-56-29-54(2)28-55(3,30-56)32-57(31-54,33-56)79-21-17-59-53(75)78-27-37-8-4-6-10-42(37)77-23-22-76-20-16-58-45(69)26-67-46(70)14-15-47(67)71/h4-5,7-15,24,35H,16-23,25-34H2,1-3H3,(H,58,69)(H,59,75)(H,73,74)(H,62,64,72). The normalized spacial score (nSPS) is 22.7. The largest absolute Gasteiger partial charge is 0.491 e. The third-order valence-corrected chi connectivity index (χ3v) is 16.8. The predicted molar refractivity (Wildman–Crippen MR) is 292 cm³/mol. The minimum absolute atomic E-state index is 0.0397. The monoisotopic (exact) mass is 1110 g/mol. The molecule has 417 valence electrons. The van der Waals surface area contributed by atoms with Crippen molar-refractivity contribution in [3.05, 3.63) is 114 Å². The molecule has 12 rings (SSSR count). The van der Waals surface area contributed by atoms with Crippen LogP contribution in [0.3, 0.4) is 0 Å². The number of aromatic nitrogens is 6. The summed E-state index contributed by atoms with van der Waals surface area (Å²) in [6.45, 7) is 9.67. The molecule has 2 unspecified atom stereocenters. The van der Waals surface area contributed by atoms with E-state index in [9.17, 15) is 33.9 Å². The van der Waals surface area contributed by atoms with Gasteiger partial charge >= 0.3 is 12.1 Å². The Balaban J connectivity index is 0.668. The summed E-state index contributed by atoms with van der Waals surface area (Å²) in [5.74, 6) is -2.08. The van der Waals surface area contributed by atoms with Crippen molar-refractivity contribution in [2.75, 3.05) is 62.8 Å². The van der Waals surface area contributed by atoms with Gasteiger partial charge in [0.25, 0.3) is 17.7 Å². The van der Waals surface area contributed by atoms with Gasteiger partial charge in [-0.15, -0.1) is 0 Å². The van der Waals surface area contributed by atoms with Crippen LogP contribution in [0.25, 0.3) is 21.3 Å². The highest BCUT2D eigenvalue weighted by Crippen LogP contribution is 2.72. The van der Waals surface area contributed by atoms with Crippen LogP contribution in [0, 0.1) is 29.2 Å². The lowest BCUT2D eigenvalue weighted by molar-refractivity contribution is -0.247. The number of nitrogens with zero attached hydrogens (tertiary/aromatic N) is 8. The average molecular weight is 1110 g/mol. The van der Waals surface area contributed by atoms with Gasteiger partial charge in [-0.1, -0.05) is 49.4 Å². The number of imide groups is 1. The molecule has 80 heavy (non-hydrogen) atoms. The molecule has 4 fully saturated rings. The van der Waals surface area contributed by atoms with Gasteiger partial charge in [-0.05, 0) is 98.1 Å². The van der Waals surface area contributed by atoms with E-state index in [-0.39, 0.29) is 79.6 Å². The van der Waals surface area contributed by atoms with E-state index in [0.29, 0.717) is 71.9 Å². The van der Waals surface area contributed by atoms with Crippen molar-refractivity contribution < 1.29 is 52.8 Å². The summed E-state index contributed by atoms with van der Waals surface area (Å²) in [4.78, 5) is 91.5. The molecule has 6 aromatic rings. The average Bonchev–Trinajstić information content (AvgIpc) is 4.30. The van der Waals surface area contributed by atoms with Crippen LogP contribution in [0.5, 0.6) is 5.75 Å². The quantitative estimate of drug-likeness (QED) is 0.0428. The highest BCUT2D eigenvalue weighted by molar-refractivity contribution is 7.22. The molecule has 23 heteroatoms. The number of benzene rings is 2. The second kappa shape index (κ2) is 21.9. The van der Waals surface area contributed by atoms with Crippen LogP contribution >= 0.6 is 11.3 Å². The number of rotatable bonds is 22. The third kappa shape index (κ3) is 11.4. The van der Waals surface area contributed by atoms with Crippen LogP contribution in [0.4, 0.5) is 15.7 Å². The number of anilines is 2. The fourth-order valence-corrected chi connectivity index (χ4v) is 14.6. The molecular formula is C57H62N11O11S. The number of amides is 5. The Morgan fingerprint density at radius 2 is 1.64 bits per heavy atom. The zero-order valence-corrected chi connectivity index (χ0v) is 45.6. The number of alkyl carbamates (subject to hydrolysis) is 1. The SMILES string of the molecule is Cc1c(-c2ccc(N3CCn4cnc(C(=O)Nc5nc6ccccc6s5)c4C3)nc2C(=O)O)cnn1CC12CC3(C)CC(C)(C1)CC(OCCNC(=O)OCc1cc[c]cc1OCCOCCNC(=O)CN1C(=O)C=CC1=O)(C3)C2. The number of pyridine rings is 1. The molecule has 2 atom stereocenters. The molecule has 0 saturated heterocycles. The van der Waals surface area contributed by atoms with Crippen molar-refractivity contribution in [3.63, 3.8) is 0 Å². The van der Waals surface area contributed by atoms with Crippen LogP contribution in [0.2, 0.25) is 0 Å². The number of para-hydroxylation sites is 1. The third-order valence-electron chi connectivity index (χ3n) is 15.9. The van der Waals surface area contributed by atoms with Gasteiger partial charge in [-0.3, -0.25) is 34.1 Å². The fourth-order valence-electron chi connectivity index (χ4n) is 13.7. The lowest BCUT2D eigenvalue weighted by Crippen LogP contribution is -2.64. The highest BCUT2D eigenvalue weighted by Gasteiger charge is 2.66. The molecule has 22 nitrogen and oxygen atoms in total. The van der Waals surface area contributed by atoms with Crippen LogP contribution in [-0.2, 0) is 54.8 Å². The Bertz CT molecular complexity index is 3370. The Hall–Kier alpha value is -8.02. The number of fused-ring (bicyclic) bond motifs is 2. The molecule has 6 aliphatic rings. The van der Waals surface area contributed by atoms with Gasteiger partial charge < -0.3 is 44.2 Å². The van der Waals surface area contributed by atoms with Crippen molar-refractivity contribution in [1.82, 2.24) is 44.8 Å². The summed E-state index contributed by atoms with van der Waals surface area (Å²) < 4.78 is 28.8. The maximum atomic E-state index is 13.5. The van der Waals surface area contributed by atoms with Crippen molar-refractivity contribution in [1.29, 1.82) is 0 Å². The van der Waals surface area contributed by atoms with Gasteiger partial charge in [-0.25, -0.2) is 24.5 Å². The van der Waals surface area contributed by atoms with E-state index < -0.39 is 35.4 Å². The van der Waals surface area contributed by atoms with E-state index in [2.05, 4.69) is 45.8 Å². The summed E-state index contributed by atoms with van der Waals surface area (Å²) in [5.41, 5.74) is 3.91. The van der Waals surface area contributed by atoms with Crippen molar-refractivity contribution in [3.8, 4) is 16.9 Å². The minimum atomic E-state index is -1.15. The number of imidazole rings is 1. The molecule has 4 aliphatic carbocycles. The van der Waals surface area contributed by atoms with E-state index in [1.165, 1.54) is 11.3 Å². The van der Waals surface area contributed by atoms with E-state index in [4.69, 9.17) is 29.0 Å². The molecule has 5 amide bonds. The maximum absolute atomic E-state index is 13.5. The Labute approximate surface area is 464 Å². The first-order chi connectivity index (χ1) is 38.5. The van der Waals surface area contributed by atoms with Gasteiger partial charge in [0.05, 0.1) is 60.4 Å². The number of nitrogens with one attached hydrogen (secondary N) is 3. The second-order valence-electron chi connectivity index (χ2n) is 22.4. The second-order valence-corrected chi connectivity index (χ2v) is 23.5. The minimum Gasteiger partial charge on any atom is -0.491 e. The van der Waals surface area contributed by atoms with E-state index in [0.717, 1.165) is 71.5 Å². The maximum Gasteiger partial charge on any atom is 0.407 e. The van der Waals surface area contributed by atoms with Crippen molar-refractivity contribution in [2.45, 2.75) is 91.1 Å². The van der Waals surface area contributed by atoms with Crippen LogP contribution in [0.15, 0.2) is 79.3 Å². The summed E-state index contributed by atoms with van der Waals surface area (Å²) in [7, 11) is 0. The van der Waals surface area contributed by atoms with E-state index >= 15 is 0 Å². The van der Waals surface area contributed by atoms with Crippen LogP contribution in [0.1, 0.15) is 90.3 Å². The van der Waals surface area contributed by atoms with Gasteiger partial charge in [0, 0.05) is 67.3 Å². The number of thiazole rings is 1. The Kier molecular flexibility index (Phi) is 14.8. The van der Waals surface area contributed by atoms with Gasteiger partial charge in [0.1, 0.15) is 31.3 Å². The number of carbonyl (C=O) groups excluding carboxylic acids is 5. The summed E-state index contributed by atoms with van der Waals surface area (Å²) in [6.07, 6.45) is 10.9. The summed E-state index contributed by atoms with van der Waals surface area (Å²) in [6, 6.07) is 19.4. The Morgan fingerprint density at radius 3 is 2.42 bits per heavy atom. The first-order valence-corrected chi connectivity index (χ1v) is 27.6. The molecule has 4 saturated carbocycles. The molecule has 4 aromatic heterocycles. The number of carboxylic acid groups (broad SMARTS) is 1. The van der Waals surface area contributed by atoms with Crippen LogP contribution < -0.4 is 25.6 Å². The predicted octanol–water partition coefficient (Wildman–Crippen LogP) is 6.33. The number of ether oxygens (including phenoxy) is 4. The molecule has 4 N–H and O–H groups in total. The molecule has 0 spiro atoms. The highest BCUT2D eigenvalue weighted by atomic mass is 32.1. The molecule has 2 aliphatic heterocycles. The first kappa shape index (κ1) is 54.0. The summed E-state index contributed by atoms with van der Waals surface area (Å²) >= 11 is 1.39. The molecule has 6 heterocycles. The lowest BCUT2D eigenvalue weighted by Gasteiger charge is -2.69. The van der Waals surface area contributed by atoms with Crippen LogP contribution in [-0.4, -0.2) is 133 Å². The molecule has 1 radical (unpaired) electrons. The summed E-state index contributed by atoms with van der Waals surface area (Å²) in [5, 5.41) is 24.4. The Morgan fingerprint density at radius 1 is 0.850 bits per heavy atom. The molecule has 2 aromatic carbocycles. The van der Waals surface area contributed by atoms with Gasteiger partial charge in [-0.2, -0.15) is 5.10 Å².